The van der Waals surface area contributed by atoms with Crippen molar-refractivity contribution in [3.05, 3.63) is 16.1 Å². The third-order valence-corrected chi connectivity index (χ3v) is 3.27. The Bertz CT molecular complexity index is 283. The summed E-state index contributed by atoms with van der Waals surface area (Å²) in [5.41, 5.74) is 6.16. The summed E-state index contributed by atoms with van der Waals surface area (Å²) in [6.45, 7) is 0.511. The van der Waals surface area contributed by atoms with Gasteiger partial charge in [-0.3, -0.25) is 0 Å². The summed E-state index contributed by atoms with van der Waals surface area (Å²) in [6.07, 6.45) is 2.67. The Hall–Kier alpha value is -0.450. The molecule has 0 saturated heterocycles. The van der Waals surface area contributed by atoms with Crippen LogP contribution in [-0.4, -0.2) is 16.6 Å². The van der Waals surface area contributed by atoms with E-state index in [1.54, 1.807) is 11.3 Å². The van der Waals surface area contributed by atoms with Crippen molar-refractivity contribution in [1.29, 1.82) is 0 Å². The smallest absolute Gasteiger partial charge is 0.0980 e. The minimum atomic E-state index is -0.464. The molecule has 1 heterocycles. The SMILES string of the molecule is NCC[C@@H](O)c1csc(C2CC2)n1. The molecule has 1 aromatic heterocycles. The van der Waals surface area contributed by atoms with Crippen LogP contribution >= 0.6 is 11.3 Å². The maximum Gasteiger partial charge on any atom is 0.0980 e. The average molecular weight is 198 g/mol. The van der Waals surface area contributed by atoms with Crippen molar-refractivity contribution in [3.8, 4) is 0 Å². The van der Waals surface area contributed by atoms with Crippen molar-refractivity contribution in [2.75, 3.05) is 6.54 Å². The van der Waals surface area contributed by atoms with Gasteiger partial charge in [-0.2, -0.15) is 0 Å². The van der Waals surface area contributed by atoms with E-state index in [9.17, 15) is 5.11 Å². The van der Waals surface area contributed by atoms with E-state index in [2.05, 4.69) is 4.98 Å². The lowest BCUT2D eigenvalue weighted by atomic mass is 10.2. The van der Waals surface area contributed by atoms with Crippen LogP contribution in [0.5, 0.6) is 0 Å². The topological polar surface area (TPSA) is 59.1 Å². The third kappa shape index (κ3) is 2.07. The second kappa shape index (κ2) is 3.74. The summed E-state index contributed by atoms with van der Waals surface area (Å²) < 4.78 is 0. The zero-order chi connectivity index (χ0) is 9.26. The first-order chi connectivity index (χ1) is 6.31. The van der Waals surface area contributed by atoms with Crippen LogP contribution in [-0.2, 0) is 0 Å². The number of nitrogens with zero attached hydrogens (tertiary/aromatic N) is 1. The highest BCUT2D eigenvalue weighted by Gasteiger charge is 2.27. The number of rotatable bonds is 4. The molecule has 0 spiro atoms. The fraction of sp³-hybridized carbons (Fsp3) is 0.667. The molecule has 4 heteroatoms. The molecule has 1 atom stereocenters. The molecule has 1 aliphatic carbocycles. The van der Waals surface area contributed by atoms with Crippen LogP contribution in [0.15, 0.2) is 5.38 Å². The highest BCUT2D eigenvalue weighted by molar-refractivity contribution is 7.09. The summed E-state index contributed by atoms with van der Waals surface area (Å²) in [6, 6.07) is 0. The van der Waals surface area contributed by atoms with Crippen LogP contribution in [0.3, 0.4) is 0 Å². The zero-order valence-corrected chi connectivity index (χ0v) is 8.26. The number of hydrogen-bond donors (Lipinski definition) is 2. The largest absolute Gasteiger partial charge is 0.387 e. The normalized spacial score (nSPS) is 18.9. The van der Waals surface area contributed by atoms with Crippen LogP contribution in [0.25, 0.3) is 0 Å². The van der Waals surface area contributed by atoms with Crippen molar-refractivity contribution in [1.82, 2.24) is 4.98 Å². The lowest BCUT2D eigenvalue weighted by Crippen LogP contribution is -2.06. The molecular formula is C9H14N2OS. The van der Waals surface area contributed by atoms with Crippen LogP contribution in [0.4, 0.5) is 0 Å². The molecule has 1 aliphatic rings. The zero-order valence-electron chi connectivity index (χ0n) is 7.44. The van der Waals surface area contributed by atoms with E-state index in [-0.39, 0.29) is 0 Å². The minimum absolute atomic E-state index is 0.464. The van der Waals surface area contributed by atoms with E-state index in [0.29, 0.717) is 18.9 Å². The molecule has 0 aromatic carbocycles. The summed E-state index contributed by atoms with van der Waals surface area (Å²) in [5, 5.41) is 12.7. The summed E-state index contributed by atoms with van der Waals surface area (Å²) in [7, 11) is 0. The molecule has 13 heavy (non-hydrogen) atoms. The number of aliphatic hydroxyl groups excluding tert-OH is 1. The molecule has 72 valence electrons. The van der Waals surface area contributed by atoms with Gasteiger partial charge in [0.2, 0.25) is 0 Å². The molecule has 0 radical (unpaired) electrons. The molecule has 1 fully saturated rings. The van der Waals surface area contributed by atoms with Gasteiger partial charge in [0, 0.05) is 11.3 Å². The van der Waals surface area contributed by atoms with E-state index in [4.69, 9.17) is 5.73 Å². The second-order valence-electron chi connectivity index (χ2n) is 3.48. The van der Waals surface area contributed by atoms with Gasteiger partial charge in [0.25, 0.3) is 0 Å². The van der Waals surface area contributed by atoms with E-state index in [0.717, 1.165) is 5.69 Å². The van der Waals surface area contributed by atoms with Crippen LogP contribution < -0.4 is 5.73 Å². The first-order valence-electron chi connectivity index (χ1n) is 4.64. The Morgan fingerprint density at radius 1 is 1.69 bits per heavy atom. The van der Waals surface area contributed by atoms with Crippen molar-refractivity contribution in [2.45, 2.75) is 31.3 Å². The van der Waals surface area contributed by atoms with Crippen LogP contribution in [0.2, 0.25) is 0 Å². The Balaban J connectivity index is 2.03. The third-order valence-electron chi connectivity index (χ3n) is 2.25. The molecule has 3 nitrogen and oxygen atoms in total. The number of thiazole rings is 1. The molecule has 1 saturated carbocycles. The predicted octanol–water partition coefficient (Wildman–Crippen LogP) is 1.40. The van der Waals surface area contributed by atoms with Crippen molar-refractivity contribution in [3.63, 3.8) is 0 Å². The second-order valence-corrected chi connectivity index (χ2v) is 4.37. The lowest BCUT2D eigenvalue weighted by Gasteiger charge is -2.03. The predicted molar refractivity (Wildman–Crippen MR) is 52.7 cm³/mol. The molecule has 0 aliphatic heterocycles. The molecule has 0 unspecified atom stereocenters. The van der Waals surface area contributed by atoms with Crippen LogP contribution in [0, 0.1) is 0 Å². The maximum atomic E-state index is 9.60. The Morgan fingerprint density at radius 2 is 2.46 bits per heavy atom. The van der Waals surface area contributed by atoms with Crippen molar-refractivity contribution >= 4 is 11.3 Å². The average Bonchev–Trinajstić information content (AvgIpc) is 2.84. The molecule has 0 bridgehead atoms. The van der Waals surface area contributed by atoms with Gasteiger partial charge < -0.3 is 10.8 Å². The van der Waals surface area contributed by atoms with Gasteiger partial charge in [0.05, 0.1) is 16.8 Å². The molecular weight excluding hydrogens is 184 g/mol. The Morgan fingerprint density at radius 3 is 3.08 bits per heavy atom. The molecule has 2 rings (SSSR count). The number of hydrogen-bond acceptors (Lipinski definition) is 4. The quantitative estimate of drug-likeness (QED) is 0.769. The first-order valence-corrected chi connectivity index (χ1v) is 5.52. The van der Waals surface area contributed by atoms with Gasteiger partial charge in [0.15, 0.2) is 0 Å². The standard InChI is InChI=1S/C9H14N2OS/c10-4-3-8(12)7-5-13-9(11-7)6-1-2-6/h5-6,8,12H,1-4,10H2/t8-/m1/s1. The number of aliphatic hydroxyl groups is 1. The fourth-order valence-electron chi connectivity index (χ4n) is 1.28. The highest BCUT2D eigenvalue weighted by Crippen LogP contribution is 2.41. The molecule has 3 N–H and O–H groups in total. The Kier molecular flexibility index (Phi) is 2.62. The van der Waals surface area contributed by atoms with Gasteiger partial charge in [0.1, 0.15) is 0 Å². The van der Waals surface area contributed by atoms with Crippen molar-refractivity contribution < 1.29 is 5.11 Å². The van der Waals surface area contributed by atoms with Crippen molar-refractivity contribution in [2.24, 2.45) is 5.73 Å². The van der Waals surface area contributed by atoms with Crippen LogP contribution in [0.1, 0.15) is 42.0 Å². The summed E-state index contributed by atoms with van der Waals surface area (Å²) >= 11 is 1.66. The van der Waals surface area contributed by atoms with Gasteiger partial charge in [-0.15, -0.1) is 11.3 Å². The monoisotopic (exact) mass is 198 g/mol. The van der Waals surface area contributed by atoms with E-state index in [1.807, 2.05) is 5.38 Å². The van der Waals surface area contributed by atoms with E-state index >= 15 is 0 Å². The first kappa shape index (κ1) is 9.12. The molecule has 1 aromatic rings. The van der Waals surface area contributed by atoms with Gasteiger partial charge in [-0.25, -0.2) is 4.98 Å². The number of aromatic nitrogens is 1. The molecule has 0 amide bonds. The summed E-state index contributed by atoms with van der Waals surface area (Å²) in [5.74, 6) is 0.684. The number of nitrogens with two attached hydrogens (primary N) is 1. The van der Waals surface area contributed by atoms with E-state index < -0.39 is 6.10 Å². The van der Waals surface area contributed by atoms with E-state index in [1.165, 1.54) is 17.8 Å². The minimum Gasteiger partial charge on any atom is -0.387 e. The van der Waals surface area contributed by atoms with Gasteiger partial charge in [-0.1, -0.05) is 0 Å². The Labute approximate surface area is 81.6 Å². The maximum absolute atomic E-state index is 9.60. The highest BCUT2D eigenvalue weighted by atomic mass is 32.1. The fourth-order valence-corrected chi connectivity index (χ4v) is 2.31. The lowest BCUT2D eigenvalue weighted by molar-refractivity contribution is 0.166. The van der Waals surface area contributed by atoms with Gasteiger partial charge >= 0.3 is 0 Å². The van der Waals surface area contributed by atoms with Gasteiger partial charge in [-0.05, 0) is 25.8 Å². The summed E-state index contributed by atoms with van der Waals surface area (Å²) in [4.78, 5) is 4.40.